The molecule has 0 N–H and O–H groups in total. The molecular formula is C40H30N4. The highest BCUT2D eigenvalue weighted by atomic mass is 14.9. The molecule has 2 aromatic heterocycles. The summed E-state index contributed by atoms with van der Waals surface area (Å²) in [7, 11) is 0. The van der Waals surface area contributed by atoms with Gasteiger partial charge < -0.3 is 0 Å². The molecular weight excluding hydrogens is 536 g/mol. The third-order valence-electron chi connectivity index (χ3n) is 9.43. The minimum absolute atomic E-state index is 0.0418. The zero-order chi connectivity index (χ0) is 29.5. The number of pyridine rings is 1. The number of nitrogens with zero attached hydrogens (tertiary/aromatic N) is 4. The number of hydrogen-bond acceptors (Lipinski definition) is 3. The first-order valence-corrected chi connectivity index (χ1v) is 15.4. The molecule has 0 bridgehead atoms. The quantitative estimate of drug-likeness (QED) is 0.199. The van der Waals surface area contributed by atoms with Crippen molar-refractivity contribution in [3.8, 4) is 56.2 Å². The molecule has 6 aromatic rings. The van der Waals surface area contributed by atoms with Crippen LogP contribution in [0, 0.1) is 6.57 Å². The van der Waals surface area contributed by atoms with Crippen LogP contribution in [0.3, 0.4) is 0 Å². The van der Waals surface area contributed by atoms with Gasteiger partial charge in [0.15, 0.2) is 11.5 Å². The van der Waals surface area contributed by atoms with Crippen LogP contribution >= 0.6 is 0 Å². The topological polar surface area (TPSA) is 43.0 Å². The Morgan fingerprint density at radius 2 is 1.30 bits per heavy atom. The van der Waals surface area contributed by atoms with E-state index < -0.39 is 0 Å². The lowest BCUT2D eigenvalue weighted by molar-refractivity contribution is 0.353. The van der Waals surface area contributed by atoms with Crippen molar-refractivity contribution in [3.05, 3.63) is 144 Å². The molecule has 0 amide bonds. The summed E-state index contributed by atoms with van der Waals surface area (Å²) < 4.78 is 0. The lowest BCUT2D eigenvalue weighted by Crippen LogP contribution is -2.27. The van der Waals surface area contributed by atoms with E-state index in [4.69, 9.17) is 16.5 Å². The number of rotatable bonds is 4. The van der Waals surface area contributed by atoms with E-state index in [2.05, 4.69) is 88.7 Å². The zero-order valence-corrected chi connectivity index (χ0v) is 24.4. The Balaban J connectivity index is 1.34. The van der Waals surface area contributed by atoms with Gasteiger partial charge in [-0.25, -0.2) is 14.8 Å². The van der Waals surface area contributed by atoms with Crippen LogP contribution in [0.15, 0.2) is 122 Å². The maximum absolute atomic E-state index is 8.10. The summed E-state index contributed by atoms with van der Waals surface area (Å²) in [5, 5.41) is 0. The van der Waals surface area contributed by atoms with Gasteiger partial charge in [-0.3, -0.25) is 4.98 Å². The highest BCUT2D eigenvalue weighted by Crippen LogP contribution is 2.60. The fourth-order valence-electron chi connectivity index (χ4n) is 7.38. The third-order valence-corrected chi connectivity index (χ3v) is 9.43. The lowest BCUT2D eigenvalue weighted by atomic mass is 9.67. The van der Waals surface area contributed by atoms with Crippen molar-refractivity contribution in [1.29, 1.82) is 0 Å². The molecule has 1 fully saturated rings. The van der Waals surface area contributed by atoms with E-state index in [-0.39, 0.29) is 5.41 Å². The summed E-state index contributed by atoms with van der Waals surface area (Å²) in [6, 6.07) is 37.8. The van der Waals surface area contributed by atoms with Gasteiger partial charge in [-0.2, -0.15) is 0 Å². The summed E-state index contributed by atoms with van der Waals surface area (Å²) in [6.07, 6.45) is 9.59. The second kappa shape index (κ2) is 10.7. The van der Waals surface area contributed by atoms with Gasteiger partial charge in [-0.1, -0.05) is 116 Å². The fourth-order valence-corrected chi connectivity index (χ4v) is 7.38. The predicted molar refractivity (Wildman–Crippen MR) is 177 cm³/mol. The molecule has 2 aliphatic carbocycles. The minimum Gasteiger partial charge on any atom is -0.264 e. The first-order chi connectivity index (χ1) is 21.7. The molecule has 0 unspecified atom stereocenters. The molecule has 4 aromatic carbocycles. The average molecular weight is 567 g/mol. The van der Waals surface area contributed by atoms with Gasteiger partial charge in [-0.15, -0.1) is 0 Å². The zero-order valence-electron chi connectivity index (χ0n) is 24.4. The Kier molecular flexibility index (Phi) is 6.38. The minimum atomic E-state index is -0.0418. The molecule has 4 heteroatoms. The van der Waals surface area contributed by atoms with E-state index in [1.165, 1.54) is 36.0 Å². The second-order valence-corrected chi connectivity index (χ2v) is 11.8. The molecule has 0 atom stereocenters. The van der Waals surface area contributed by atoms with Gasteiger partial charge in [-0.05, 0) is 58.4 Å². The standard InChI is InChI=1S/C40H30N4/c1-41-34-17-9-16-33-38(34)37-31(14-8-15-32(37)40(33)22-6-3-7-23-40)36-25-35(43-39(44-36)29-11-4-2-5-12-29)28-20-18-27(19-21-28)30-13-10-24-42-26-30/h2,4-5,8-21,24-26H,3,6-7,22-23H2. The molecule has 4 nitrogen and oxygen atoms in total. The van der Waals surface area contributed by atoms with Crippen LogP contribution < -0.4 is 0 Å². The van der Waals surface area contributed by atoms with E-state index in [9.17, 15) is 0 Å². The molecule has 2 heterocycles. The van der Waals surface area contributed by atoms with Gasteiger partial charge in [0.25, 0.3) is 0 Å². The van der Waals surface area contributed by atoms with Crippen molar-refractivity contribution in [2.45, 2.75) is 37.5 Å². The first-order valence-electron chi connectivity index (χ1n) is 15.4. The molecule has 2 aliphatic rings. The first kappa shape index (κ1) is 26.2. The maximum atomic E-state index is 8.10. The molecule has 0 saturated heterocycles. The van der Waals surface area contributed by atoms with Crippen LogP contribution in [0.25, 0.3) is 61.0 Å². The molecule has 1 saturated carbocycles. The van der Waals surface area contributed by atoms with Crippen molar-refractivity contribution in [3.63, 3.8) is 0 Å². The smallest absolute Gasteiger partial charge is 0.195 e. The highest BCUT2D eigenvalue weighted by Gasteiger charge is 2.45. The summed E-state index contributed by atoms with van der Waals surface area (Å²) >= 11 is 0. The summed E-state index contributed by atoms with van der Waals surface area (Å²) in [5.74, 6) is 0.691. The normalized spacial score (nSPS) is 14.5. The van der Waals surface area contributed by atoms with Crippen molar-refractivity contribution < 1.29 is 0 Å². The third kappa shape index (κ3) is 4.24. The van der Waals surface area contributed by atoms with Crippen LogP contribution in [0.1, 0.15) is 43.2 Å². The number of benzene rings is 4. The van der Waals surface area contributed by atoms with Crippen LogP contribution in [0.2, 0.25) is 0 Å². The SMILES string of the molecule is [C-]#[N+]c1cccc2c1-c1c(-c3cc(-c4ccc(-c5cccnc5)cc4)nc(-c4ccccc4)n3)cccc1C21CCCCC1. The number of aromatic nitrogens is 3. The van der Waals surface area contributed by atoms with E-state index in [0.717, 1.165) is 63.3 Å². The summed E-state index contributed by atoms with van der Waals surface area (Å²) in [5.41, 5.74) is 12.6. The van der Waals surface area contributed by atoms with Crippen LogP contribution in [-0.2, 0) is 5.41 Å². The van der Waals surface area contributed by atoms with Gasteiger partial charge in [0.2, 0.25) is 0 Å². The maximum Gasteiger partial charge on any atom is 0.195 e. The van der Waals surface area contributed by atoms with Gasteiger partial charge in [0.05, 0.1) is 18.0 Å². The van der Waals surface area contributed by atoms with Crippen molar-refractivity contribution in [2.75, 3.05) is 0 Å². The monoisotopic (exact) mass is 566 g/mol. The largest absolute Gasteiger partial charge is 0.264 e. The van der Waals surface area contributed by atoms with E-state index >= 15 is 0 Å². The van der Waals surface area contributed by atoms with E-state index in [1.54, 1.807) is 6.20 Å². The van der Waals surface area contributed by atoms with Gasteiger partial charge >= 0.3 is 0 Å². The molecule has 0 aliphatic heterocycles. The predicted octanol–water partition coefficient (Wildman–Crippen LogP) is 10.3. The average Bonchev–Trinajstić information content (AvgIpc) is 3.38. The molecule has 8 rings (SSSR count). The lowest BCUT2D eigenvalue weighted by Gasteiger charge is -2.36. The Bertz CT molecular complexity index is 2030. The van der Waals surface area contributed by atoms with Crippen LogP contribution in [0.5, 0.6) is 0 Å². The molecule has 210 valence electrons. The van der Waals surface area contributed by atoms with Crippen molar-refractivity contribution in [2.24, 2.45) is 0 Å². The fraction of sp³-hybridized carbons (Fsp3) is 0.150. The van der Waals surface area contributed by atoms with E-state index in [1.807, 2.05) is 36.5 Å². The van der Waals surface area contributed by atoms with Crippen LogP contribution in [-0.4, -0.2) is 15.0 Å². The summed E-state index contributed by atoms with van der Waals surface area (Å²) in [6.45, 7) is 8.10. The Morgan fingerprint density at radius 3 is 2.05 bits per heavy atom. The van der Waals surface area contributed by atoms with Crippen molar-refractivity contribution in [1.82, 2.24) is 15.0 Å². The van der Waals surface area contributed by atoms with E-state index in [0.29, 0.717) is 5.82 Å². The molecule has 44 heavy (non-hydrogen) atoms. The molecule has 1 spiro atoms. The van der Waals surface area contributed by atoms with Crippen molar-refractivity contribution >= 4 is 5.69 Å². The Hall–Kier alpha value is -5.40. The van der Waals surface area contributed by atoms with Crippen LogP contribution in [0.4, 0.5) is 5.69 Å². The van der Waals surface area contributed by atoms with Gasteiger partial charge in [0, 0.05) is 34.5 Å². The Morgan fingerprint density at radius 1 is 0.591 bits per heavy atom. The number of hydrogen-bond donors (Lipinski definition) is 0. The number of fused-ring (bicyclic) bond motifs is 5. The molecule has 0 radical (unpaired) electrons. The van der Waals surface area contributed by atoms with Gasteiger partial charge in [0.1, 0.15) is 0 Å². The second-order valence-electron chi connectivity index (χ2n) is 11.8. The highest BCUT2D eigenvalue weighted by molar-refractivity contribution is 5.98. The summed E-state index contributed by atoms with van der Waals surface area (Å²) in [4.78, 5) is 18.6. The Labute approximate surface area is 258 Å².